The predicted octanol–water partition coefficient (Wildman–Crippen LogP) is 2.58. The fourth-order valence-electron chi connectivity index (χ4n) is 2.04. The molecule has 0 radical (unpaired) electrons. The summed E-state index contributed by atoms with van der Waals surface area (Å²) < 4.78 is 1.73. The van der Waals surface area contributed by atoms with E-state index in [-0.39, 0.29) is 0 Å². The number of nitrogens with two attached hydrogens (primary N) is 1. The van der Waals surface area contributed by atoms with Crippen LogP contribution in [0.25, 0.3) is 5.69 Å². The first-order valence-electron chi connectivity index (χ1n) is 6.59. The van der Waals surface area contributed by atoms with Gasteiger partial charge < -0.3 is 5.73 Å². The number of nitrogens with zero attached hydrogens (tertiary/aromatic N) is 4. The quantitative estimate of drug-likeness (QED) is 0.801. The Morgan fingerprint density at radius 2 is 1.95 bits per heavy atom. The van der Waals surface area contributed by atoms with E-state index in [0.29, 0.717) is 6.54 Å². The Bertz CT molecular complexity index is 739. The molecular weight excluding hydrogens is 282 g/mol. The molecule has 3 aromatic rings. The molecule has 0 saturated carbocycles. The average Bonchev–Trinajstić information content (AvgIpc) is 2.98. The molecule has 1 aromatic heterocycles. The van der Waals surface area contributed by atoms with Gasteiger partial charge in [0, 0.05) is 11.4 Å². The van der Waals surface area contributed by atoms with Crippen LogP contribution in [0.2, 0.25) is 0 Å². The maximum absolute atomic E-state index is 5.83. The van der Waals surface area contributed by atoms with Crippen LogP contribution in [0.5, 0.6) is 0 Å². The van der Waals surface area contributed by atoms with E-state index in [4.69, 9.17) is 5.73 Å². The zero-order chi connectivity index (χ0) is 14.7. The Morgan fingerprint density at radius 3 is 2.71 bits per heavy atom. The van der Waals surface area contributed by atoms with E-state index in [1.54, 1.807) is 4.68 Å². The highest BCUT2D eigenvalue weighted by atomic mass is 32.2. The van der Waals surface area contributed by atoms with Gasteiger partial charge in [-0.15, -0.1) is 5.10 Å². The van der Waals surface area contributed by atoms with E-state index >= 15 is 0 Å². The van der Waals surface area contributed by atoms with E-state index in [2.05, 4.69) is 40.6 Å². The van der Waals surface area contributed by atoms with Crippen LogP contribution in [0.3, 0.4) is 0 Å². The number of aromatic nitrogens is 4. The lowest BCUT2D eigenvalue weighted by atomic mass is 10.1. The van der Waals surface area contributed by atoms with Crippen LogP contribution < -0.4 is 5.73 Å². The third-order valence-electron chi connectivity index (χ3n) is 3.08. The zero-order valence-electron chi connectivity index (χ0n) is 11.6. The molecule has 2 aromatic carbocycles. The predicted molar refractivity (Wildman–Crippen MR) is 82.3 cm³/mol. The molecule has 0 unspecified atom stereocenters. The Balaban J connectivity index is 1.95. The van der Waals surface area contributed by atoms with Gasteiger partial charge in [0.05, 0.1) is 5.69 Å². The molecule has 21 heavy (non-hydrogen) atoms. The van der Waals surface area contributed by atoms with Crippen molar-refractivity contribution >= 4 is 11.8 Å². The molecule has 6 heteroatoms. The van der Waals surface area contributed by atoms with Gasteiger partial charge in [-0.2, -0.15) is 4.68 Å². The van der Waals surface area contributed by atoms with Crippen molar-refractivity contribution in [3.05, 3.63) is 59.7 Å². The van der Waals surface area contributed by atoms with Crippen molar-refractivity contribution in [3.8, 4) is 5.69 Å². The second kappa shape index (κ2) is 6.07. The number of benzene rings is 2. The van der Waals surface area contributed by atoms with Gasteiger partial charge in [0.1, 0.15) is 0 Å². The first kappa shape index (κ1) is 13.8. The van der Waals surface area contributed by atoms with Crippen LogP contribution in [-0.4, -0.2) is 20.2 Å². The molecule has 1 heterocycles. The minimum atomic E-state index is 0.497. The van der Waals surface area contributed by atoms with Crippen molar-refractivity contribution in [3.63, 3.8) is 0 Å². The SMILES string of the molecule is Cc1ccc(Sc2nnnn2-c2ccccc2)c(CN)c1. The summed E-state index contributed by atoms with van der Waals surface area (Å²) in [4.78, 5) is 1.08. The maximum Gasteiger partial charge on any atom is 0.218 e. The molecule has 3 rings (SSSR count). The van der Waals surface area contributed by atoms with Crippen molar-refractivity contribution in [2.24, 2.45) is 5.73 Å². The summed E-state index contributed by atoms with van der Waals surface area (Å²) in [6.07, 6.45) is 0. The van der Waals surface area contributed by atoms with Crippen LogP contribution in [0.1, 0.15) is 11.1 Å². The Morgan fingerprint density at radius 1 is 1.14 bits per heavy atom. The van der Waals surface area contributed by atoms with Gasteiger partial charge in [-0.3, -0.25) is 0 Å². The topological polar surface area (TPSA) is 69.6 Å². The molecule has 0 spiro atoms. The molecule has 0 aliphatic heterocycles. The van der Waals surface area contributed by atoms with E-state index in [0.717, 1.165) is 21.3 Å². The Labute approximate surface area is 127 Å². The summed E-state index contributed by atoms with van der Waals surface area (Å²) in [5.41, 5.74) is 9.06. The number of tetrazole rings is 1. The van der Waals surface area contributed by atoms with Crippen LogP contribution in [0, 0.1) is 6.92 Å². The molecule has 0 amide bonds. The van der Waals surface area contributed by atoms with Crippen LogP contribution in [-0.2, 0) is 6.54 Å². The second-order valence-corrected chi connectivity index (χ2v) is 5.64. The molecule has 5 nitrogen and oxygen atoms in total. The normalized spacial score (nSPS) is 10.8. The van der Waals surface area contributed by atoms with Crippen LogP contribution >= 0.6 is 11.8 Å². The van der Waals surface area contributed by atoms with Crippen LogP contribution in [0.15, 0.2) is 58.6 Å². The molecule has 106 valence electrons. The van der Waals surface area contributed by atoms with Gasteiger partial charge in [0.15, 0.2) is 0 Å². The molecular formula is C15H15N5S. The first-order chi connectivity index (χ1) is 10.3. The Hall–Kier alpha value is -2.18. The van der Waals surface area contributed by atoms with Crippen molar-refractivity contribution in [1.82, 2.24) is 20.2 Å². The highest BCUT2D eigenvalue weighted by molar-refractivity contribution is 7.99. The lowest BCUT2D eigenvalue weighted by Gasteiger charge is -2.08. The second-order valence-electron chi connectivity index (χ2n) is 4.63. The van der Waals surface area contributed by atoms with Gasteiger partial charge in [-0.1, -0.05) is 35.9 Å². The largest absolute Gasteiger partial charge is 0.326 e. The lowest BCUT2D eigenvalue weighted by molar-refractivity contribution is 0.756. The molecule has 0 bridgehead atoms. The van der Waals surface area contributed by atoms with Crippen molar-refractivity contribution < 1.29 is 0 Å². The number of rotatable bonds is 4. The van der Waals surface area contributed by atoms with Gasteiger partial charge >= 0.3 is 0 Å². The molecule has 0 atom stereocenters. The smallest absolute Gasteiger partial charge is 0.218 e. The summed E-state index contributed by atoms with van der Waals surface area (Å²) in [6, 6.07) is 16.1. The minimum absolute atomic E-state index is 0.497. The molecule has 0 saturated heterocycles. The van der Waals surface area contributed by atoms with Gasteiger partial charge in [0.2, 0.25) is 5.16 Å². The first-order valence-corrected chi connectivity index (χ1v) is 7.41. The number of hydrogen-bond donors (Lipinski definition) is 1. The number of hydrogen-bond acceptors (Lipinski definition) is 5. The molecule has 0 aliphatic rings. The fourth-order valence-corrected chi connectivity index (χ4v) is 2.95. The van der Waals surface area contributed by atoms with Crippen molar-refractivity contribution in [1.29, 1.82) is 0 Å². The number of aryl methyl sites for hydroxylation is 1. The molecule has 0 aliphatic carbocycles. The third-order valence-corrected chi connectivity index (χ3v) is 4.13. The average molecular weight is 297 g/mol. The summed E-state index contributed by atoms with van der Waals surface area (Å²) in [7, 11) is 0. The van der Waals surface area contributed by atoms with Gasteiger partial charge in [0.25, 0.3) is 0 Å². The van der Waals surface area contributed by atoms with E-state index in [9.17, 15) is 0 Å². The van der Waals surface area contributed by atoms with Gasteiger partial charge in [-0.25, -0.2) is 0 Å². The van der Waals surface area contributed by atoms with Crippen molar-refractivity contribution in [2.75, 3.05) is 0 Å². The third kappa shape index (κ3) is 2.96. The van der Waals surface area contributed by atoms with E-state index < -0.39 is 0 Å². The minimum Gasteiger partial charge on any atom is -0.326 e. The fraction of sp³-hybridized carbons (Fsp3) is 0.133. The summed E-state index contributed by atoms with van der Waals surface area (Å²) in [6.45, 7) is 2.55. The maximum atomic E-state index is 5.83. The standard InChI is InChI=1S/C15H15N5S/c1-11-7-8-14(12(9-11)10-16)21-15-17-18-19-20(15)13-5-3-2-4-6-13/h2-9H,10,16H2,1H3. The highest BCUT2D eigenvalue weighted by Gasteiger charge is 2.12. The number of para-hydroxylation sites is 1. The van der Waals surface area contributed by atoms with E-state index in [1.165, 1.54) is 17.3 Å². The summed E-state index contributed by atoms with van der Waals surface area (Å²) in [5, 5.41) is 12.7. The highest BCUT2D eigenvalue weighted by Crippen LogP contribution is 2.30. The molecule has 2 N–H and O–H groups in total. The zero-order valence-corrected chi connectivity index (χ0v) is 12.4. The van der Waals surface area contributed by atoms with Gasteiger partial charge in [-0.05, 0) is 52.9 Å². The summed E-state index contributed by atoms with van der Waals surface area (Å²) in [5.74, 6) is 0. The molecule has 0 fully saturated rings. The van der Waals surface area contributed by atoms with Crippen LogP contribution in [0.4, 0.5) is 0 Å². The van der Waals surface area contributed by atoms with E-state index in [1.807, 2.05) is 30.3 Å². The lowest BCUT2D eigenvalue weighted by Crippen LogP contribution is -2.01. The van der Waals surface area contributed by atoms with Crippen molar-refractivity contribution in [2.45, 2.75) is 23.5 Å². The summed E-state index contributed by atoms with van der Waals surface area (Å²) >= 11 is 1.52. The Kier molecular flexibility index (Phi) is 3.98. The monoisotopic (exact) mass is 297 g/mol.